The standard InChI is InChI=1S/C16H14BrN3O3S/c1-7-10(15(22)23-2)11(8-3-5-9(17)6-4-8)12-13(18-7)19-16(24)20-14(12)21/h3-6,11H,1-2H3,(H3,18,19,20,21,24)/t11-/m0/s1. The number of carbonyl (C=O) groups excluding carboxylic acids is 1. The molecule has 8 heteroatoms. The van der Waals surface area contributed by atoms with E-state index in [1.807, 2.05) is 24.3 Å². The monoisotopic (exact) mass is 407 g/mol. The van der Waals surface area contributed by atoms with Crippen molar-refractivity contribution in [2.24, 2.45) is 0 Å². The highest BCUT2D eigenvalue weighted by Crippen LogP contribution is 2.39. The molecule has 3 N–H and O–H groups in total. The number of hydrogen-bond acceptors (Lipinski definition) is 5. The van der Waals surface area contributed by atoms with E-state index in [9.17, 15) is 9.59 Å². The minimum atomic E-state index is -0.558. The predicted molar refractivity (Wildman–Crippen MR) is 96.6 cm³/mol. The lowest BCUT2D eigenvalue weighted by Crippen LogP contribution is -2.30. The molecule has 2 heterocycles. The third-order valence-electron chi connectivity index (χ3n) is 3.88. The summed E-state index contributed by atoms with van der Waals surface area (Å²) in [6.07, 6.45) is 0. The summed E-state index contributed by atoms with van der Waals surface area (Å²) in [7, 11) is 1.32. The van der Waals surface area contributed by atoms with E-state index in [1.54, 1.807) is 6.92 Å². The molecule has 1 atom stereocenters. The van der Waals surface area contributed by atoms with Crippen LogP contribution >= 0.6 is 28.1 Å². The third kappa shape index (κ3) is 2.83. The summed E-state index contributed by atoms with van der Waals surface area (Å²) in [6, 6.07) is 7.45. The molecule has 24 heavy (non-hydrogen) atoms. The lowest BCUT2D eigenvalue weighted by atomic mass is 9.82. The smallest absolute Gasteiger partial charge is 0.336 e. The van der Waals surface area contributed by atoms with Gasteiger partial charge in [0.25, 0.3) is 5.56 Å². The molecule has 0 amide bonds. The number of anilines is 1. The second-order valence-corrected chi connectivity index (χ2v) is 6.66. The van der Waals surface area contributed by atoms with Crippen LogP contribution in [0.5, 0.6) is 0 Å². The van der Waals surface area contributed by atoms with E-state index in [2.05, 4.69) is 31.2 Å². The van der Waals surface area contributed by atoms with Gasteiger partial charge in [0, 0.05) is 10.2 Å². The zero-order chi connectivity index (χ0) is 17.4. The van der Waals surface area contributed by atoms with E-state index in [1.165, 1.54) is 7.11 Å². The van der Waals surface area contributed by atoms with Crippen molar-refractivity contribution in [2.45, 2.75) is 12.8 Å². The van der Waals surface area contributed by atoms with Crippen LogP contribution < -0.4 is 10.9 Å². The van der Waals surface area contributed by atoms with Gasteiger partial charge in [-0.2, -0.15) is 0 Å². The highest BCUT2D eigenvalue weighted by atomic mass is 79.9. The molecule has 124 valence electrons. The molecule has 0 bridgehead atoms. The average Bonchev–Trinajstić information content (AvgIpc) is 2.53. The van der Waals surface area contributed by atoms with Crippen LogP contribution in [0, 0.1) is 4.77 Å². The van der Waals surface area contributed by atoms with E-state index in [4.69, 9.17) is 17.0 Å². The first-order chi connectivity index (χ1) is 11.4. The van der Waals surface area contributed by atoms with Crippen LogP contribution in [0.4, 0.5) is 5.82 Å². The maximum Gasteiger partial charge on any atom is 0.336 e. The minimum absolute atomic E-state index is 0.218. The number of fused-ring (bicyclic) bond motifs is 1. The Labute approximate surface area is 151 Å². The molecule has 0 unspecified atom stereocenters. The second-order valence-electron chi connectivity index (χ2n) is 5.34. The van der Waals surface area contributed by atoms with Gasteiger partial charge in [0.2, 0.25) is 0 Å². The van der Waals surface area contributed by atoms with Crippen molar-refractivity contribution in [3.05, 3.63) is 66.3 Å². The maximum absolute atomic E-state index is 12.5. The zero-order valence-corrected chi connectivity index (χ0v) is 15.3. The molecular formula is C16H14BrN3O3S. The fourth-order valence-corrected chi connectivity index (χ4v) is 3.31. The molecule has 1 aromatic carbocycles. The molecule has 0 saturated carbocycles. The number of esters is 1. The van der Waals surface area contributed by atoms with Crippen LogP contribution in [0.25, 0.3) is 0 Å². The molecule has 0 radical (unpaired) electrons. The number of ether oxygens (including phenoxy) is 1. The maximum atomic E-state index is 12.5. The molecule has 0 saturated heterocycles. The highest BCUT2D eigenvalue weighted by molar-refractivity contribution is 9.10. The summed E-state index contributed by atoms with van der Waals surface area (Å²) in [5, 5.41) is 3.05. The number of halogens is 1. The predicted octanol–water partition coefficient (Wildman–Crippen LogP) is 3.20. The van der Waals surface area contributed by atoms with Gasteiger partial charge in [-0.15, -0.1) is 0 Å². The van der Waals surface area contributed by atoms with Gasteiger partial charge >= 0.3 is 5.97 Å². The number of aromatic nitrogens is 2. The third-order valence-corrected chi connectivity index (χ3v) is 4.61. The molecular weight excluding hydrogens is 394 g/mol. The fraction of sp³-hybridized carbons (Fsp3) is 0.188. The summed E-state index contributed by atoms with van der Waals surface area (Å²) in [6.45, 7) is 1.76. The number of carbonyl (C=O) groups is 1. The van der Waals surface area contributed by atoms with Crippen molar-refractivity contribution in [3.8, 4) is 0 Å². The van der Waals surface area contributed by atoms with E-state index in [0.717, 1.165) is 10.0 Å². The van der Waals surface area contributed by atoms with Crippen LogP contribution in [-0.2, 0) is 9.53 Å². The van der Waals surface area contributed by atoms with Crippen molar-refractivity contribution >= 4 is 39.9 Å². The number of rotatable bonds is 2. The van der Waals surface area contributed by atoms with Crippen molar-refractivity contribution in [2.75, 3.05) is 12.4 Å². The average molecular weight is 408 g/mol. The van der Waals surface area contributed by atoms with Crippen molar-refractivity contribution in [3.63, 3.8) is 0 Å². The SMILES string of the molecule is COC(=O)C1=C(C)Nc2[nH]c(=S)[nH]c(=O)c2[C@H]1c1ccc(Br)cc1. The van der Waals surface area contributed by atoms with Crippen molar-refractivity contribution in [1.29, 1.82) is 0 Å². The molecule has 6 nitrogen and oxygen atoms in total. The number of aromatic amines is 2. The summed E-state index contributed by atoms with van der Waals surface area (Å²) >= 11 is 8.43. The van der Waals surface area contributed by atoms with E-state index >= 15 is 0 Å². The molecule has 0 aliphatic carbocycles. The highest BCUT2D eigenvalue weighted by Gasteiger charge is 2.35. The Hall–Kier alpha value is -2.19. The fourth-order valence-electron chi connectivity index (χ4n) is 2.86. The number of allylic oxidation sites excluding steroid dienone is 1. The van der Waals surface area contributed by atoms with Gasteiger partial charge in [-0.3, -0.25) is 9.78 Å². The molecule has 1 aromatic heterocycles. The minimum Gasteiger partial charge on any atom is -0.466 e. The van der Waals surface area contributed by atoms with Crippen molar-refractivity contribution in [1.82, 2.24) is 9.97 Å². The second kappa shape index (κ2) is 6.37. The Morgan fingerprint density at radius 2 is 1.92 bits per heavy atom. The van der Waals surface area contributed by atoms with E-state index < -0.39 is 11.9 Å². The van der Waals surface area contributed by atoms with E-state index in [0.29, 0.717) is 22.7 Å². The van der Waals surface area contributed by atoms with Crippen molar-refractivity contribution < 1.29 is 9.53 Å². The van der Waals surface area contributed by atoms with Gasteiger partial charge in [-0.25, -0.2) is 4.79 Å². The van der Waals surface area contributed by atoms with Crippen LogP contribution in [0.1, 0.15) is 24.0 Å². The summed E-state index contributed by atoms with van der Waals surface area (Å²) in [5.74, 6) is -0.556. The Morgan fingerprint density at radius 3 is 2.54 bits per heavy atom. The quantitative estimate of drug-likeness (QED) is 0.525. The van der Waals surface area contributed by atoms with Gasteiger partial charge in [0.15, 0.2) is 4.77 Å². The lowest BCUT2D eigenvalue weighted by Gasteiger charge is -2.28. The first-order valence-electron chi connectivity index (χ1n) is 7.10. The topological polar surface area (TPSA) is 87.0 Å². The zero-order valence-electron chi connectivity index (χ0n) is 12.9. The van der Waals surface area contributed by atoms with Gasteiger partial charge in [-0.1, -0.05) is 28.1 Å². The Bertz CT molecular complexity index is 960. The lowest BCUT2D eigenvalue weighted by molar-refractivity contribution is -0.136. The first kappa shape index (κ1) is 16.7. The van der Waals surface area contributed by atoms with Gasteiger partial charge in [0.1, 0.15) is 5.82 Å². The van der Waals surface area contributed by atoms with E-state index in [-0.39, 0.29) is 10.3 Å². The summed E-state index contributed by atoms with van der Waals surface area (Å²) in [4.78, 5) is 30.4. The first-order valence-corrected chi connectivity index (χ1v) is 8.30. The number of methoxy groups -OCH3 is 1. The molecule has 3 rings (SSSR count). The number of benzene rings is 1. The van der Waals surface area contributed by atoms with Crippen LogP contribution in [0.15, 0.2) is 44.8 Å². The number of hydrogen-bond donors (Lipinski definition) is 3. The molecule has 2 aromatic rings. The number of H-pyrrole nitrogens is 2. The Balaban J connectivity index is 2.31. The summed E-state index contributed by atoms with van der Waals surface area (Å²) < 4.78 is 6.05. The Morgan fingerprint density at radius 1 is 1.25 bits per heavy atom. The van der Waals surface area contributed by atoms with Gasteiger partial charge < -0.3 is 15.0 Å². The van der Waals surface area contributed by atoms with Crippen LogP contribution in [0.2, 0.25) is 0 Å². The van der Waals surface area contributed by atoms with Gasteiger partial charge in [0.05, 0.1) is 24.2 Å². The van der Waals surface area contributed by atoms with Gasteiger partial charge in [-0.05, 0) is 36.8 Å². The number of nitrogens with one attached hydrogen (secondary N) is 3. The summed E-state index contributed by atoms with van der Waals surface area (Å²) in [5.41, 5.74) is 1.86. The largest absolute Gasteiger partial charge is 0.466 e. The molecule has 1 aliphatic rings. The normalized spacial score (nSPS) is 16.4. The Kier molecular flexibility index (Phi) is 4.42. The van der Waals surface area contributed by atoms with Crippen LogP contribution in [0.3, 0.4) is 0 Å². The van der Waals surface area contributed by atoms with Crippen LogP contribution in [-0.4, -0.2) is 23.0 Å². The molecule has 1 aliphatic heterocycles. The molecule has 0 fully saturated rings. The molecule has 0 spiro atoms.